The largest absolute Gasteiger partial charge is 0.497 e. The van der Waals surface area contributed by atoms with Gasteiger partial charge < -0.3 is 14.5 Å². The minimum Gasteiger partial charge on any atom is -0.497 e. The predicted molar refractivity (Wildman–Crippen MR) is 158 cm³/mol. The van der Waals surface area contributed by atoms with Crippen LogP contribution in [0.15, 0.2) is 73.1 Å². The molecule has 0 amide bonds. The summed E-state index contributed by atoms with van der Waals surface area (Å²) >= 11 is 0. The summed E-state index contributed by atoms with van der Waals surface area (Å²) in [5.41, 5.74) is 7.26. The van der Waals surface area contributed by atoms with Crippen LogP contribution in [0.5, 0.6) is 11.5 Å². The highest BCUT2D eigenvalue weighted by Gasteiger charge is 2.17. The molecule has 1 fully saturated rings. The third kappa shape index (κ3) is 5.00. The highest BCUT2D eigenvalue weighted by molar-refractivity contribution is 6.00. The summed E-state index contributed by atoms with van der Waals surface area (Å²) in [7, 11) is 1.53. The zero-order valence-electron chi connectivity index (χ0n) is 22.7. The van der Waals surface area contributed by atoms with Crippen molar-refractivity contribution in [2.75, 3.05) is 33.4 Å². The van der Waals surface area contributed by atoms with Gasteiger partial charge in [-0.25, -0.2) is 9.37 Å². The van der Waals surface area contributed by atoms with E-state index in [4.69, 9.17) is 14.5 Å². The number of hydrogen-bond donors (Lipinski definition) is 2. The Morgan fingerprint density at radius 3 is 2.68 bits per heavy atom. The molecule has 0 spiro atoms. The Kier molecular flexibility index (Phi) is 6.56. The highest BCUT2D eigenvalue weighted by Crippen LogP contribution is 2.35. The van der Waals surface area contributed by atoms with Gasteiger partial charge in [-0.05, 0) is 79.5 Å². The Bertz CT molecular complexity index is 1860. The monoisotopic (exact) mass is 548 g/mol. The fraction of sp³-hybridized carbons (Fsp3) is 0.219. The summed E-state index contributed by atoms with van der Waals surface area (Å²) in [5.74, 6) is 0.851. The number of likely N-dealkylation sites (tertiary alicyclic amines) is 1. The average molecular weight is 549 g/mol. The number of ether oxygens (including phenoxy) is 2. The summed E-state index contributed by atoms with van der Waals surface area (Å²) in [6.07, 6.45) is 6.07. The molecule has 1 saturated heterocycles. The van der Waals surface area contributed by atoms with Crippen molar-refractivity contribution < 1.29 is 13.9 Å². The van der Waals surface area contributed by atoms with Crippen molar-refractivity contribution >= 4 is 21.9 Å². The van der Waals surface area contributed by atoms with Crippen LogP contribution in [0.2, 0.25) is 0 Å². The Morgan fingerprint density at radius 1 is 0.927 bits per heavy atom. The third-order valence-corrected chi connectivity index (χ3v) is 7.63. The van der Waals surface area contributed by atoms with E-state index in [1.807, 2.05) is 48.5 Å². The van der Waals surface area contributed by atoms with E-state index in [9.17, 15) is 4.39 Å². The molecular formula is C32H29FN6O2. The number of hydrogen-bond acceptors (Lipinski definition) is 6. The molecule has 7 rings (SSSR count). The molecule has 0 aliphatic carbocycles. The minimum absolute atomic E-state index is 0.349. The molecule has 0 unspecified atom stereocenters. The average Bonchev–Trinajstić information content (AvgIpc) is 3.76. The SMILES string of the molecule is COc1cc(F)cc(-c2cccc3[nH]c(-c4n[nH]c5ccc(-c6cncc(OCCN7CCCC7)c6)nc45)cc23)c1. The van der Waals surface area contributed by atoms with Crippen LogP contribution in [0.1, 0.15) is 12.8 Å². The number of rotatable bonds is 8. The van der Waals surface area contributed by atoms with E-state index in [0.717, 1.165) is 75.4 Å². The molecule has 0 radical (unpaired) electrons. The second-order valence-corrected chi connectivity index (χ2v) is 10.3. The third-order valence-electron chi connectivity index (χ3n) is 7.63. The van der Waals surface area contributed by atoms with Crippen LogP contribution < -0.4 is 9.47 Å². The van der Waals surface area contributed by atoms with Crippen LogP contribution in [0.3, 0.4) is 0 Å². The first kappa shape index (κ1) is 25.2. The topological polar surface area (TPSA) is 92.0 Å². The van der Waals surface area contributed by atoms with Gasteiger partial charge in [0, 0.05) is 35.3 Å². The van der Waals surface area contributed by atoms with E-state index in [0.29, 0.717) is 18.1 Å². The Balaban J connectivity index is 1.21. The van der Waals surface area contributed by atoms with E-state index in [1.165, 1.54) is 32.1 Å². The van der Waals surface area contributed by atoms with Gasteiger partial charge in [-0.1, -0.05) is 12.1 Å². The zero-order chi connectivity index (χ0) is 27.8. The lowest BCUT2D eigenvalue weighted by molar-refractivity contribution is 0.237. The van der Waals surface area contributed by atoms with Crippen LogP contribution in [0, 0.1) is 5.82 Å². The molecule has 0 bridgehead atoms. The van der Waals surface area contributed by atoms with Gasteiger partial charge in [-0.3, -0.25) is 15.0 Å². The molecule has 0 atom stereocenters. The van der Waals surface area contributed by atoms with Gasteiger partial charge in [0.2, 0.25) is 0 Å². The predicted octanol–water partition coefficient (Wildman–Crippen LogP) is 6.46. The van der Waals surface area contributed by atoms with Gasteiger partial charge in [0.1, 0.15) is 35.1 Å². The van der Waals surface area contributed by atoms with Crippen molar-refractivity contribution in [1.82, 2.24) is 30.0 Å². The Morgan fingerprint density at radius 2 is 1.80 bits per heavy atom. The lowest BCUT2D eigenvalue weighted by Gasteiger charge is -2.15. The molecule has 206 valence electrons. The summed E-state index contributed by atoms with van der Waals surface area (Å²) in [6, 6.07) is 18.6. The van der Waals surface area contributed by atoms with Crippen molar-refractivity contribution in [3.05, 3.63) is 78.9 Å². The van der Waals surface area contributed by atoms with Crippen molar-refractivity contribution in [3.8, 4) is 45.3 Å². The molecule has 6 aromatic rings. The first-order valence-corrected chi connectivity index (χ1v) is 13.8. The van der Waals surface area contributed by atoms with Gasteiger partial charge in [0.25, 0.3) is 0 Å². The molecule has 4 aromatic heterocycles. The minimum atomic E-state index is -0.349. The molecular weight excluding hydrogens is 519 g/mol. The van der Waals surface area contributed by atoms with E-state index in [-0.39, 0.29) is 5.82 Å². The molecule has 5 heterocycles. The van der Waals surface area contributed by atoms with Gasteiger partial charge >= 0.3 is 0 Å². The Hall–Kier alpha value is -4.76. The molecule has 8 nitrogen and oxygen atoms in total. The standard InChI is InChI=1S/C32H29FN6O2/c1-40-23-14-20(13-22(33)16-23)25-5-4-6-28-26(25)17-30(35-28)32-31-29(37-38-32)8-7-27(36-31)21-15-24(19-34-18-21)41-12-11-39-9-2-3-10-39/h4-8,13-19,35H,2-3,9-12H2,1H3,(H,37,38). The number of pyridine rings is 2. The van der Waals surface area contributed by atoms with Crippen molar-refractivity contribution in [3.63, 3.8) is 0 Å². The van der Waals surface area contributed by atoms with Gasteiger partial charge in [-0.2, -0.15) is 5.10 Å². The van der Waals surface area contributed by atoms with Crippen LogP contribution in [0.4, 0.5) is 4.39 Å². The zero-order valence-corrected chi connectivity index (χ0v) is 22.7. The number of H-pyrrole nitrogens is 2. The number of benzene rings is 2. The normalized spacial score (nSPS) is 13.8. The number of methoxy groups -OCH3 is 1. The lowest BCUT2D eigenvalue weighted by Crippen LogP contribution is -2.25. The molecule has 9 heteroatoms. The molecule has 41 heavy (non-hydrogen) atoms. The maximum atomic E-state index is 14.3. The first-order valence-electron chi connectivity index (χ1n) is 13.8. The van der Waals surface area contributed by atoms with Crippen molar-refractivity contribution in [2.24, 2.45) is 0 Å². The smallest absolute Gasteiger partial charge is 0.138 e. The van der Waals surface area contributed by atoms with Crippen molar-refractivity contribution in [2.45, 2.75) is 12.8 Å². The number of aromatic nitrogens is 5. The number of halogens is 1. The second kappa shape index (κ2) is 10.7. The maximum Gasteiger partial charge on any atom is 0.138 e. The number of nitrogens with zero attached hydrogens (tertiary/aromatic N) is 4. The summed E-state index contributed by atoms with van der Waals surface area (Å²) in [6.45, 7) is 3.85. The fourth-order valence-electron chi connectivity index (χ4n) is 5.55. The van der Waals surface area contributed by atoms with Gasteiger partial charge in [0.05, 0.1) is 30.2 Å². The Labute approximate surface area is 236 Å². The molecule has 0 saturated carbocycles. The molecule has 2 N–H and O–H groups in total. The molecule has 2 aromatic carbocycles. The highest BCUT2D eigenvalue weighted by atomic mass is 19.1. The summed E-state index contributed by atoms with van der Waals surface area (Å²) in [5, 5.41) is 8.64. The maximum absolute atomic E-state index is 14.3. The quantitative estimate of drug-likeness (QED) is 0.227. The van der Waals surface area contributed by atoms with Crippen LogP contribution in [0.25, 0.3) is 55.7 Å². The fourth-order valence-corrected chi connectivity index (χ4v) is 5.55. The van der Waals surface area contributed by atoms with Gasteiger partial charge in [0.15, 0.2) is 0 Å². The van der Waals surface area contributed by atoms with Crippen LogP contribution in [-0.2, 0) is 0 Å². The van der Waals surface area contributed by atoms with E-state index in [1.54, 1.807) is 12.4 Å². The molecule has 1 aliphatic rings. The van der Waals surface area contributed by atoms with Crippen LogP contribution in [-0.4, -0.2) is 63.4 Å². The van der Waals surface area contributed by atoms with Crippen molar-refractivity contribution in [1.29, 1.82) is 0 Å². The summed E-state index contributed by atoms with van der Waals surface area (Å²) < 4.78 is 25.6. The van der Waals surface area contributed by atoms with E-state index >= 15 is 0 Å². The van der Waals surface area contributed by atoms with E-state index in [2.05, 4.69) is 25.1 Å². The summed E-state index contributed by atoms with van der Waals surface area (Å²) in [4.78, 5) is 15.3. The van der Waals surface area contributed by atoms with Crippen LogP contribution >= 0.6 is 0 Å². The first-order chi connectivity index (χ1) is 20.1. The lowest BCUT2D eigenvalue weighted by atomic mass is 10.0. The van der Waals surface area contributed by atoms with Gasteiger partial charge in [-0.15, -0.1) is 0 Å². The second-order valence-electron chi connectivity index (χ2n) is 10.3. The number of aromatic amines is 2. The van der Waals surface area contributed by atoms with E-state index < -0.39 is 0 Å². The number of nitrogens with one attached hydrogen (secondary N) is 2. The molecule has 1 aliphatic heterocycles. The number of fused-ring (bicyclic) bond motifs is 2.